The molecule has 2 aromatic rings. The first-order valence-corrected chi connectivity index (χ1v) is 7.23. The molecule has 0 radical (unpaired) electrons. The largest absolute Gasteiger partial charge is 0.497 e. The van der Waals surface area contributed by atoms with E-state index in [1.165, 1.54) is 13.2 Å². The summed E-state index contributed by atoms with van der Waals surface area (Å²) in [5.74, 6) is 0.199. The number of hydrogen-bond donors (Lipinski definition) is 1. The normalized spacial score (nSPS) is 12.1. The Kier molecular flexibility index (Phi) is 4.89. The second-order valence-corrected chi connectivity index (χ2v) is 5.67. The van der Waals surface area contributed by atoms with Crippen LogP contribution in [0.4, 0.5) is 10.1 Å². The molecule has 1 N–H and O–H groups in total. The van der Waals surface area contributed by atoms with Crippen LogP contribution in [-0.4, -0.2) is 7.11 Å². The summed E-state index contributed by atoms with van der Waals surface area (Å²) in [5.41, 5.74) is 1.39. The fraction of sp³-hybridized carbons (Fsp3) is 0.200. The molecule has 0 saturated carbocycles. The van der Waals surface area contributed by atoms with Gasteiger partial charge in [-0.3, -0.25) is 0 Å². The van der Waals surface area contributed by atoms with E-state index in [4.69, 9.17) is 16.3 Å². The van der Waals surface area contributed by atoms with Gasteiger partial charge in [-0.25, -0.2) is 4.39 Å². The van der Waals surface area contributed by atoms with E-state index in [0.717, 1.165) is 10.2 Å². The van der Waals surface area contributed by atoms with Crippen molar-refractivity contribution < 1.29 is 9.13 Å². The zero-order chi connectivity index (χ0) is 14.7. The van der Waals surface area contributed by atoms with Gasteiger partial charge >= 0.3 is 0 Å². The average Bonchev–Trinajstić information content (AvgIpc) is 2.42. The van der Waals surface area contributed by atoms with Crippen molar-refractivity contribution in [2.75, 3.05) is 12.4 Å². The molecule has 0 spiro atoms. The van der Waals surface area contributed by atoms with E-state index in [-0.39, 0.29) is 11.9 Å². The van der Waals surface area contributed by atoms with Crippen molar-refractivity contribution in [3.05, 3.63) is 57.3 Å². The van der Waals surface area contributed by atoms with E-state index in [2.05, 4.69) is 21.2 Å². The molecule has 20 heavy (non-hydrogen) atoms. The molecule has 0 aromatic heterocycles. The Morgan fingerprint density at radius 3 is 2.65 bits per heavy atom. The molecule has 0 aliphatic rings. The molecule has 2 aromatic carbocycles. The maximum atomic E-state index is 14.0. The summed E-state index contributed by atoms with van der Waals surface area (Å²) in [6, 6.07) is 10.1. The third-order valence-corrected chi connectivity index (χ3v) is 3.90. The van der Waals surface area contributed by atoms with Gasteiger partial charge in [0.1, 0.15) is 11.6 Å². The van der Waals surface area contributed by atoms with E-state index < -0.39 is 0 Å². The number of rotatable bonds is 4. The molecule has 0 aliphatic carbocycles. The molecule has 0 amide bonds. The lowest BCUT2D eigenvalue weighted by atomic mass is 10.1. The highest BCUT2D eigenvalue weighted by Crippen LogP contribution is 2.30. The van der Waals surface area contributed by atoms with E-state index in [0.29, 0.717) is 16.3 Å². The van der Waals surface area contributed by atoms with Gasteiger partial charge in [-0.05, 0) is 47.1 Å². The molecule has 1 atom stereocenters. The van der Waals surface area contributed by atoms with Gasteiger partial charge in [0.05, 0.1) is 18.8 Å². The Morgan fingerprint density at radius 2 is 2.00 bits per heavy atom. The highest BCUT2D eigenvalue weighted by Gasteiger charge is 2.13. The molecule has 1 unspecified atom stereocenters. The molecule has 0 fully saturated rings. The minimum atomic E-state index is -0.303. The second-order valence-electron chi connectivity index (χ2n) is 4.38. The van der Waals surface area contributed by atoms with E-state index in [9.17, 15) is 4.39 Å². The van der Waals surface area contributed by atoms with E-state index in [1.807, 2.05) is 13.0 Å². The lowest BCUT2D eigenvalue weighted by Gasteiger charge is -2.18. The molecule has 2 rings (SSSR count). The molecular formula is C15H14BrClFNO. The molecule has 5 heteroatoms. The Hall–Kier alpha value is -1.26. The summed E-state index contributed by atoms with van der Waals surface area (Å²) < 4.78 is 19.9. The molecule has 0 aliphatic heterocycles. The maximum Gasteiger partial charge on any atom is 0.132 e. The van der Waals surface area contributed by atoms with Crippen molar-refractivity contribution in [1.82, 2.24) is 0 Å². The van der Waals surface area contributed by atoms with Crippen molar-refractivity contribution in [2.24, 2.45) is 0 Å². The number of halogens is 3. The molecule has 2 nitrogen and oxygen atoms in total. The van der Waals surface area contributed by atoms with Crippen LogP contribution in [0, 0.1) is 5.82 Å². The van der Waals surface area contributed by atoms with Crippen LogP contribution in [0.2, 0.25) is 5.02 Å². The average molecular weight is 359 g/mol. The summed E-state index contributed by atoms with van der Waals surface area (Å²) >= 11 is 9.40. The Morgan fingerprint density at radius 1 is 1.25 bits per heavy atom. The number of nitrogens with one attached hydrogen (secondary N) is 1. The number of hydrogen-bond acceptors (Lipinski definition) is 2. The Labute approximate surface area is 131 Å². The summed E-state index contributed by atoms with van der Waals surface area (Å²) in [5, 5.41) is 3.86. The first-order chi connectivity index (χ1) is 9.51. The van der Waals surface area contributed by atoms with Gasteiger partial charge in [0.15, 0.2) is 0 Å². The van der Waals surface area contributed by atoms with Crippen LogP contribution in [0.15, 0.2) is 40.9 Å². The fourth-order valence-electron chi connectivity index (χ4n) is 1.91. The van der Waals surface area contributed by atoms with Crippen molar-refractivity contribution in [1.29, 1.82) is 0 Å². The van der Waals surface area contributed by atoms with Gasteiger partial charge in [-0.1, -0.05) is 17.7 Å². The van der Waals surface area contributed by atoms with Gasteiger partial charge in [0.25, 0.3) is 0 Å². The van der Waals surface area contributed by atoms with Gasteiger partial charge in [0, 0.05) is 21.1 Å². The number of methoxy groups -OCH3 is 1. The smallest absolute Gasteiger partial charge is 0.132 e. The second kappa shape index (κ2) is 6.46. The molecule has 106 valence electrons. The zero-order valence-corrected chi connectivity index (χ0v) is 13.4. The van der Waals surface area contributed by atoms with Crippen LogP contribution in [0.25, 0.3) is 0 Å². The number of benzene rings is 2. The summed E-state index contributed by atoms with van der Waals surface area (Å²) in [6.45, 7) is 1.89. The maximum absolute atomic E-state index is 14.0. The predicted octanol–water partition coefficient (Wildman–Crippen LogP) is 5.42. The number of anilines is 1. The topological polar surface area (TPSA) is 21.3 Å². The summed E-state index contributed by atoms with van der Waals surface area (Å²) in [4.78, 5) is 0. The van der Waals surface area contributed by atoms with Gasteiger partial charge < -0.3 is 10.1 Å². The zero-order valence-electron chi connectivity index (χ0n) is 11.1. The lowest BCUT2D eigenvalue weighted by molar-refractivity contribution is 0.410. The Balaban J connectivity index is 2.23. The monoisotopic (exact) mass is 357 g/mol. The molecular weight excluding hydrogens is 345 g/mol. The predicted molar refractivity (Wildman–Crippen MR) is 84.1 cm³/mol. The minimum Gasteiger partial charge on any atom is -0.497 e. The minimum absolute atomic E-state index is 0.198. The highest BCUT2D eigenvalue weighted by molar-refractivity contribution is 9.10. The van der Waals surface area contributed by atoms with Gasteiger partial charge in [0.2, 0.25) is 0 Å². The van der Waals surface area contributed by atoms with Crippen molar-refractivity contribution >= 4 is 33.2 Å². The van der Waals surface area contributed by atoms with Crippen molar-refractivity contribution in [2.45, 2.75) is 13.0 Å². The Bertz CT molecular complexity index is 621. The van der Waals surface area contributed by atoms with Crippen LogP contribution in [-0.2, 0) is 0 Å². The first-order valence-electron chi connectivity index (χ1n) is 6.06. The van der Waals surface area contributed by atoms with E-state index in [1.54, 1.807) is 24.3 Å². The van der Waals surface area contributed by atoms with Gasteiger partial charge in [-0.2, -0.15) is 0 Å². The third-order valence-electron chi connectivity index (χ3n) is 2.97. The van der Waals surface area contributed by atoms with Gasteiger partial charge in [-0.15, -0.1) is 0 Å². The van der Waals surface area contributed by atoms with E-state index >= 15 is 0 Å². The van der Waals surface area contributed by atoms with Crippen LogP contribution in [0.1, 0.15) is 18.5 Å². The number of ether oxygens (including phenoxy) is 1. The van der Waals surface area contributed by atoms with Crippen LogP contribution in [0.3, 0.4) is 0 Å². The third kappa shape index (κ3) is 3.44. The highest BCUT2D eigenvalue weighted by atomic mass is 79.9. The quantitative estimate of drug-likeness (QED) is 0.787. The summed E-state index contributed by atoms with van der Waals surface area (Å²) in [7, 11) is 1.51. The van der Waals surface area contributed by atoms with Crippen LogP contribution < -0.4 is 10.1 Å². The van der Waals surface area contributed by atoms with Crippen LogP contribution in [0.5, 0.6) is 5.75 Å². The fourth-order valence-corrected chi connectivity index (χ4v) is 2.44. The van der Waals surface area contributed by atoms with Crippen LogP contribution >= 0.6 is 27.5 Å². The van der Waals surface area contributed by atoms with Crippen molar-refractivity contribution in [3.63, 3.8) is 0 Å². The molecule has 0 bridgehead atoms. The van der Waals surface area contributed by atoms with Crippen molar-refractivity contribution in [3.8, 4) is 5.75 Å². The first kappa shape index (κ1) is 15.1. The standard InChI is InChI=1S/C15H14BrClFNO/c1-9(12-5-4-11(20-2)8-14(12)18)19-15-7-10(17)3-6-13(15)16/h3-9,19H,1-2H3. The molecule has 0 saturated heterocycles. The lowest BCUT2D eigenvalue weighted by Crippen LogP contribution is -2.09. The summed E-state index contributed by atoms with van der Waals surface area (Å²) in [6.07, 6.45) is 0. The molecule has 0 heterocycles. The SMILES string of the molecule is COc1ccc(C(C)Nc2cc(Cl)ccc2Br)c(F)c1.